The second kappa shape index (κ2) is 14.3. The molecule has 6 nitrogen and oxygen atoms in total. The van der Waals surface area contributed by atoms with Crippen molar-refractivity contribution in [3.63, 3.8) is 0 Å². The molecule has 0 radical (unpaired) electrons. The summed E-state index contributed by atoms with van der Waals surface area (Å²) in [6, 6.07) is 30.2. The second-order valence-electron chi connectivity index (χ2n) is 10.7. The number of halogens is 1. The molecular formula is C35H37ClO6. The molecule has 1 fully saturated rings. The Morgan fingerprint density at radius 2 is 1.45 bits per heavy atom. The predicted molar refractivity (Wildman–Crippen MR) is 162 cm³/mol. The van der Waals surface area contributed by atoms with Crippen LogP contribution >= 0.6 is 11.6 Å². The maximum Gasteiger partial charge on any atom is 0.309 e. The maximum absolute atomic E-state index is 13.0. The van der Waals surface area contributed by atoms with Crippen LogP contribution in [-0.4, -0.2) is 53.8 Å². The fraction of sp³-hybridized carbons (Fsp3) is 0.343. The topological polar surface area (TPSA) is 85.2 Å². The number of rotatable bonds is 7. The first-order valence-corrected chi connectivity index (χ1v) is 14.8. The van der Waals surface area contributed by atoms with Gasteiger partial charge in [-0.2, -0.15) is 0 Å². The number of aliphatic hydroxyl groups excluding tert-OH is 2. The smallest absolute Gasteiger partial charge is 0.309 e. The van der Waals surface area contributed by atoms with Crippen molar-refractivity contribution in [1.29, 1.82) is 0 Å². The van der Waals surface area contributed by atoms with Gasteiger partial charge in [0.1, 0.15) is 17.8 Å². The van der Waals surface area contributed by atoms with E-state index in [1.54, 1.807) is 6.08 Å². The normalized spacial score (nSPS) is 26.3. The summed E-state index contributed by atoms with van der Waals surface area (Å²) in [5, 5.41) is 21.0. The Morgan fingerprint density at radius 1 is 0.881 bits per heavy atom. The molecule has 2 heterocycles. The highest BCUT2D eigenvalue weighted by Gasteiger charge is 2.43. The standard InChI is InChI=1S/C35H37ClO6/c36-29-18-10-11-25(23-37)31(38)22-34(39)42-32-21-30(20-19-29)41-33(32)24-40-35(26-12-4-1-5-13-26,27-14-6-2-7-15-27)28-16-8-3-9-17-28/h1-9,11-18,30-33,37-38H,10,19-24H2/b25-11-,29-18-/t30-,31?,32-,33-/m1/s1. The number of fused-ring (bicyclic) bond motifs is 2. The second-order valence-corrected chi connectivity index (χ2v) is 11.2. The molecule has 1 saturated heterocycles. The van der Waals surface area contributed by atoms with Crippen molar-refractivity contribution in [3.8, 4) is 0 Å². The Morgan fingerprint density at radius 3 is 2.00 bits per heavy atom. The zero-order valence-electron chi connectivity index (χ0n) is 23.5. The minimum absolute atomic E-state index is 0.154. The van der Waals surface area contributed by atoms with Crippen LogP contribution in [0.5, 0.6) is 0 Å². The zero-order valence-corrected chi connectivity index (χ0v) is 24.2. The van der Waals surface area contributed by atoms with E-state index in [0.29, 0.717) is 36.3 Å². The first-order valence-electron chi connectivity index (χ1n) is 14.5. The number of ether oxygens (including phenoxy) is 3. The highest BCUT2D eigenvalue weighted by Crippen LogP contribution is 2.41. The molecule has 5 rings (SSSR count). The van der Waals surface area contributed by atoms with Crippen LogP contribution in [0.15, 0.2) is 114 Å². The van der Waals surface area contributed by atoms with Gasteiger partial charge in [0.15, 0.2) is 0 Å². The third-order valence-electron chi connectivity index (χ3n) is 7.96. The van der Waals surface area contributed by atoms with Gasteiger partial charge in [0, 0.05) is 11.5 Å². The molecule has 42 heavy (non-hydrogen) atoms. The Kier molecular flexibility index (Phi) is 10.3. The summed E-state index contributed by atoms with van der Waals surface area (Å²) in [6.45, 7) is -0.202. The molecule has 7 heteroatoms. The minimum Gasteiger partial charge on any atom is -0.459 e. The van der Waals surface area contributed by atoms with E-state index in [1.807, 2.05) is 60.7 Å². The van der Waals surface area contributed by atoms with Gasteiger partial charge in [-0.25, -0.2) is 0 Å². The summed E-state index contributed by atoms with van der Waals surface area (Å²) in [4.78, 5) is 13.0. The molecule has 0 aliphatic carbocycles. The fourth-order valence-corrected chi connectivity index (χ4v) is 5.98. The molecule has 0 amide bonds. The quantitative estimate of drug-likeness (QED) is 0.199. The summed E-state index contributed by atoms with van der Waals surface area (Å²) in [7, 11) is 0. The SMILES string of the molecule is O=C1CC(O)/C(CO)=C\C/C=C(\Cl)CC[C@@H]2C[C@@H](O1)[C@@H](COC(c1ccccc1)(c1ccccc1)c1ccccc1)O2. The first-order chi connectivity index (χ1) is 20.5. The number of hydrogen-bond acceptors (Lipinski definition) is 6. The Labute approximate surface area is 252 Å². The van der Waals surface area contributed by atoms with Crippen molar-refractivity contribution >= 4 is 17.6 Å². The zero-order chi connectivity index (χ0) is 29.4. The van der Waals surface area contributed by atoms with Gasteiger partial charge >= 0.3 is 5.97 Å². The maximum atomic E-state index is 13.0. The number of allylic oxidation sites excluding steroid dienone is 3. The third kappa shape index (κ3) is 7.02. The van der Waals surface area contributed by atoms with E-state index >= 15 is 0 Å². The summed E-state index contributed by atoms with van der Waals surface area (Å²) in [5.41, 5.74) is 2.32. The van der Waals surface area contributed by atoms with E-state index in [-0.39, 0.29) is 25.7 Å². The molecule has 2 aliphatic rings. The molecule has 0 aromatic heterocycles. The van der Waals surface area contributed by atoms with E-state index in [0.717, 1.165) is 16.7 Å². The molecule has 0 saturated carbocycles. The number of esters is 1. The molecule has 2 N–H and O–H groups in total. The van der Waals surface area contributed by atoms with Gasteiger partial charge < -0.3 is 24.4 Å². The Balaban J connectivity index is 1.46. The number of carbonyl (C=O) groups excluding carboxylic acids is 1. The van der Waals surface area contributed by atoms with E-state index in [2.05, 4.69) is 36.4 Å². The van der Waals surface area contributed by atoms with Crippen molar-refractivity contribution < 1.29 is 29.2 Å². The number of benzene rings is 3. The number of aliphatic hydroxyl groups is 2. The van der Waals surface area contributed by atoms with Crippen LogP contribution in [0, 0.1) is 0 Å². The fourth-order valence-electron chi connectivity index (χ4n) is 5.78. The van der Waals surface area contributed by atoms with Crippen molar-refractivity contribution in [1.82, 2.24) is 0 Å². The lowest BCUT2D eigenvalue weighted by Crippen LogP contribution is -2.39. The minimum atomic E-state index is -1.15. The molecule has 0 spiro atoms. The van der Waals surface area contributed by atoms with Gasteiger partial charge in [-0.05, 0) is 41.5 Å². The molecule has 220 valence electrons. The van der Waals surface area contributed by atoms with Crippen LogP contribution < -0.4 is 0 Å². The lowest BCUT2D eigenvalue weighted by molar-refractivity contribution is -0.157. The van der Waals surface area contributed by atoms with Crippen LogP contribution in [0.3, 0.4) is 0 Å². The third-order valence-corrected chi connectivity index (χ3v) is 8.30. The molecule has 1 unspecified atom stereocenters. The van der Waals surface area contributed by atoms with E-state index in [9.17, 15) is 15.0 Å². The lowest BCUT2D eigenvalue weighted by Gasteiger charge is -2.37. The summed E-state index contributed by atoms with van der Waals surface area (Å²) in [5.74, 6) is -0.549. The Hall–Kier alpha value is -3.26. The molecule has 2 aliphatic heterocycles. The lowest BCUT2D eigenvalue weighted by atomic mass is 9.80. The monoisotopic (exact) mass is 588 g/mol. The van der Waals surface area contributed by atoms with Crippen LogP contribution in [0.2, 0.25) is 0 Å². The largest absolute Gasteiger partial charge is 0.459 e. The first kappa shape index (κ1) is 30.2. The van der Waals surface area contributed by atoms with Gasteiger partial charge in [0.25, 0.3) is 0 Å². The van der Waals surface area contributed by atoms with Crippen LogP contribution in [0.25, 0.3) is 0 Å². The average Bonchev–Trinajstić information content (AvgIpc) is 3.40. The van der Waals surface area contributed by atoms with E-state index in [1.165, 1.54) is 0 Å². The van der Waals surface area contributed by atoms with Crippen LogP contribution in [-0.2, 0) is 24.6 Å². The van der Waals surface area contributed by atoms with Crippen molar-refractivity contribution in [2.45, 2.75) is 62.1 Å². The number of hydrogen-bond donors (Lipinski definition) is 2. The highest BCUT2D eigenvalue weighted by molar-refractivity contribution is 6.29. The van der Waals surface area contributed by atoms with Gasteiger partial charge in [-0.3, -0.25) is 4.79 Å². The van der Waals surface area contributed by atoms with Gasteiger partial charge in [0.05, 0.1) is 31.8 Å². The Bertz CT molecular complexity index is 1260. The van der Waals surface area contributed by atoms with E-state index < -0.39 is 29.9 Å². The highest BCUT2D eigenvalue weighted by atomic mass is 35.5. The van der Waals surface area contributed by atoms with Gasteiger partial charge in [0.2, 0.25) is 0 Å². The van der Waals surface area contributed by atoms with Crippen LogP contribution in [0.1, 0.15) is 48.8 Å². The van der Waals surface area contributed by atoms with Crippen LogP contribution in [0.4, 0.5) is 0 Å². The van der Waals surface area contributed by atoms with Gasteiger partial charge in [-0.1, -0.05) is 115 Å². The van der Waals surface area contributed by atoms with Crippen molar-refractivity contribution in [3.05, 3.63) is 130 Å². The summed E-state index contributed by atoms with van der Waals surface area (Å²) >= 11 is 6.48. The predicted octanol–water partition coefficient (Wildman–Crippen LogP) is 6.04. The number of carbonyl (C=O) groups is 1. The summed E-state index contributed by atoms with van der Waals surface area (Å²) in [6.07, 6.45) is 3.09. The molecule has 3 aromatic carbocycles. The molecule has 4 atom stereocenters. The van der Waals surface area contributed by atoms with Crippen molar-refractivity contribution in [2.24, 2.45) is 0 Å². The van der Waals surface area contributed by atoms with Crippen molar-refractivity contribution in [2.75, 3.05) is 13.2 Å². The average molecular weight is 589 g/mol. The molecule has 2 bridgehead atoms. The summed E-state index contributed by atoms with van der Waals surface area (Å²) < 4.78 is 19.4. The van der Waals surface area contributed by atoms with Gasteiger partial charge in [-0.15, -0.1) is 0 Å². The molecule has 3 aromatic rings. The van der Waals surface area contributed by atoms with E-state index in [4.69, 9.17) is 25.8 Å². The molecular weight excluding hydrogens is 552 g/mol.